The molecule has 6 nitrogen and oxygen atoms in total. The molecule has 0 aromatic heterocycles. The number of carbonyl (C=O) groups excluding carboxylic acids is 1. The average Bonchev–Trinajstić information content (AvgIpc) is 2.95. The monoisotopic (exact) mass is 516 g/mol. The second kappa shape index (κ2) is 12.2. The van der Waals surface area contributed by atoms with E-state index in [-0.39, 0.29) is 12.0 Å². The summed E-state index contributed by atoms with van der Waals surface area (Å²) in [6, 6.07) is 19.1. The number of nitrogens with zero attached hydrogens (tertiary/aromatic N) is 2. The summed E-state index contributed by atoms with van der Waals surface area (Å²) in [4.78, 5) is 17.8. The number of hydrogen-bond acceptors (Lipinski definition) is 5. The highest BCUT2D eigenvalue weighted by Crippen LogP contribution is 2.33. The first-order valence-corrected chi connectivity index (χ1v) is 14.0. The van der Waals surface area contributed by atoms with Crippen molar-refractivity contribution < 1.29 is 19.4 Å². The van der Waals surface area contributed by atoms with Crippen molar-refractivity contribution in [3.05, 3.63) is 71.3 Å². The Balaban J connectivity index is 1.17. The van der Waals surface area contributed by atoms with Crippen molar-refractivity contribution in [2.75, 3.05) is 40.4 Å². The number of methoxy groups -OCH3 is 2. The SMILES string of the molecule is COc1cc2c(cc1OC)C(=O)N(CCC1CCCCN1CC(O)CCc1cccc3ccccc13)CC2. The Hall–Kier alpha value is -3.09. The largest absolute Gasteiger partial charge is 0.493 e. The standard InChI is InChI=1S/C32H40N2O4/c1-37-30-20-25-15-18-33(32(36)29(25)21-31(30)38-2)19-16-26-11-5-6-17-34(26)22-27(35)14-13-24-10-7-9-23-8-3-4-12-28(23)24/h3-4,7-10,12,20-21,26-27,35H,5-6,11,13-19,22H2,1-2H3. The molecule has 2 unspecified atom stereocenters. The number of carbonyl (C=O) groups is 1. The lowest BCUT2D eigenvalue weighted by Gasteiger charge is -2.38. The number of fused-ring (bicyclic) bond motifs is 2. The van der Waals surface area contributed by atoms with Crippen LogP contribution in [0.2, 0.25) is 0 Å². The van der Waals surface area contributed by atoms with Gasteiger partial charge in [0.2, 0.25) is 0 Å². The van der Waals surface area contributed by atoms with Crippen molar-refractivity contribution in [2.24, 2.45) is 0 Å². The van der Waals surface area contributed by atoms with Gasteiger partial charge in [0.25, 0.3) is 5.91 Å². The highest BCUT2D eigenvalue weighted by molar-refractivity contribution is 5.97. The topological polar surface area (TPSA) is 62.2 Å². The molecule has 3 aromatic carbocycles. The molecule has 202 valence electrons. The Morgan fingerprint density at radius 2 is 1.79 bits per heavy atom. The van der Waals surface area contributed by atoms with Gasteiger partial charge in [0.1, 0.15) is 0 Å². The highest BCUT2D eigenvalue weighted by atomic mass is 16.5. The molecule has 2 aliphatic heterocycles. The van der Waals surface area contributed by atoms with Crippen LogP contribution in [0.15, 0.2) is 54.6 Å². The van der Waals surface area contributed by atoms with Crippen LogP contribution in [-0.2, 0) is 12.8 Å². The Morgan fingerprint density at radius 1 is 1.00 bits per heavy atom. The summed E-state index contributed by atoms with van der Waals surface area (Å²) >= 11 is 0. The van der Waals surface area contributed by atoms with Gasteiger partial charge in [0, 0.05) is 31.2 Å². The van der Waals surface area contributed by atoms with E-state index in [0.717, 1.165) is 62.9 Å². The number of piperidine rings is 1. The molecule has 2 aliphatic rings. The highest BCUT2D eigenvalue weighted by Gasteiger charge is 2.29. The fourth-order valence-corrected chi connectivity index (χ4v) is 6.19. The smallest absolute Gasteiger partial charge is 0.254 e. The minimum Gasteiger partial charge on any atom is -0.493 e. The molecule has 1 fully saturated rings. The molecule has 0 radical (unpaired) electrons. The van der Waals surface area contributed by atoms with Gasteiger partial charge in [0.05, 0.1) is 20.3 Å². The Labute approximate surface area is 226 Å². The molecular weight excluding hydrogens is 476 g/mol. The quantitative estimate of drug-likeness (QED) is 0.407. The lowest BCUT2D eigenvalue weighted by Crippen LogP contribution is -2.46. The molecule has 1 saturated heterocycles. The van der Waals surface area contributed by atoms with E-state index in [9.17, 15) is 9.90 Å². The lowest BCUT2D eigenvalue weighted by atomic mass is 9.95. The fourth-order valence-electron chi connectivity index (χ4n) is 6.19. The number of ether oxygens (including phenoxy) is 2. The van der Waals surface area contributed by atoms with Crippen molar-refractivity contribution in [1.29, 1.82) is 0 Å². The number of aliphatic hydroxyl groups is 1. The zero-order valence-electron chi connectivity index (χ0n) is 22.7. The van der Waals surface area contributed by atoms with E-state index >= 15 is 0 Å². The maximum absolute atomic E-state index is 13.3. The van der Waals surface area contributed by atoms with Gasteiger partial charge in [-0.05, 0) is 79.1 Å². The summed E-state index contributed by atoms with van der Waals surface area (Å²) in [5.74, 6) is 1.34. The average molecular weight is 517 g/mol. The van der Waals surface area contributed by atoms with Gasteiger partial charge in [-0.3, -0.25) is 9.69 Å². The number of aryl methyl sites for hydroxylation is 1. The van der Waals surface area contributed by atoms with Crippen LogP contribution in [0.3, 0.4) is 0 Å². The minimum absolute atomic E-state index is 0.0738. The minimum atomic E-state index is -0.361. The first-order chi connectivity index (χ1) is 18.6. The van der Waals surface area contributed by atoms with E-state index in [1.54, 1.807) is 14.2 Å². The van der Waals surface area contributed by atoms with Crippen LogP contribution in [-0.4, -0.2) is 73.4 Å². The molecule has 0 saturated carbocycles. The van der Waals surface area contributed by atoms with E-state index in [0.29, 0.717) is 24.1 Å². The van der Waals surface area contributed by atoms with Gasteiger partial charge in [-0.25, -0.2) is 0 Å². The normalized spacial score (nSPS) is 18.9. The summed E-state index contributed by atoms with van der Waals surface area (Å²) in [5, 5.41) is 13.5. The van der Waals surface area contributed by atoms with Crippen LogP contribution < -0.4 is 9.47 Å². The van der Waals surface area contributed by atoms with Crippen molar-refractivity contribution >= 4 is 16.7 Å². The van der Waals surface area contributed by atoms with Crippen molar-refractivity contribution in [3.63, 3.8) is 0 Å². The molecule has 0 bridgehead atoms. The number of β-amino-alcohol motifs (C(OH)–C–C–N with tert-alkyl or cyclic N) is 1. The molecule has 1 N–H and O–H groups in total. The predicted octanol–water partition coefficient (Wildman–Crippen LogP) is 5.09. The molecule has 3 aromatic rings. The Kier molecular flexibility index (Phi) is 8.50. The van der Waals surface area contributed by atoms with Gasteiger partial charge in [-0.1, -0.05) is 48.9 Å². The van der Waals surface area contributed by atoms with Crippen LogP contribution in [0.4, 0.5) is 0 Å². The Morgan fingerprint density at radius 3 is 2.63 bits per heavy atom. The van der Waals surface area contributed by atoms with Crippen molar-refractivity contribution in [1.82, 2.24) is 9.80 Å². The van der Waals surface area contributed by atoms with Crippen LogP contribution in [0, 0.1) is 0 Å². The molecule has 0 aliphatic carbocycles. The van der Waals surface area contributed by atoms with Crippen molar-refractivity contribution in [2.45, 2.75) is 57.1 Å². The second-order valence-corrected chi connectivity index (χ2v) is 10.7. The molecule has 2 heterocycles. The van der Waals surface area contributed by atoms with E-state index in [1.165, 1.54) is 29.2 Å². The van der Waals surface area contributed by atoms with E-state index in [4.69, 9.17) is 9.47 Å². The third kappa shape index (κ3) is 5.82. The zero-order valence-corrected chi connectivity index (χ0v) is 22.7. The second-order valence-electron chi connectivity index (χ2n) is 10.7. The van der Waals surface area contributed by atoms with Crippen LogP contribution in [0.5, 0.6) is 11.5 Å². The third-order valence-electron chi connectivity index (χ3n) is 8.33. The van der Waals surface area contributed by atoms with Crippen LogP contribution in [0.1, 0.15) is 53.6 Å². The number of amides is 1. The van der Waals surface area contributed by atoms with E-state index in [2.05, 4.69) is 47.4 Å². The summed E-state index contributed by atoms with van der Waals surface area (Å²) in [7, 11) is 3.22. The molecule has 0 spiro atoms. The first kappa shape index (κ1) is 26.5. The predicted molar refractivity (Wildman–Crippen MR) is 151 cm³/mol. The first-order valence-electron chi connectivity index (χ1n) is 14.0. The number of hydrogen-bond donors (Lipinski definition) is 1. The molecule has 5 rings (SSSR count). The summed E-state index contributed by atoms with van der Waals surface area (Å²) < 4.78 is 10.9. The maximum Gasteiger partial charge on any atom is 0.254 e. The van der Waals surface area contributed by atoms with Crippen LogP contribution in [0.25, 0.3) is 10.8 Å². The molecule has 1 amide bonds. The summed E-state index contributed by atoms with van der Waals surface area (Å²) in [5.41, 5.74) is 3.05. The lowest BCUT2D eigenvalue weighted by molar-refractivity contribution is 0.0516. The van der Waals surface area contributed by atoms with Gasteiger partial charge < -0.3 is 19.5 Å². The molecule has 6 heteroatoms. The number of likely N-dealkylation sites (tertiary alicyclic amines) is 1. The fraction of sp³-hybridized carbons (Fsp3) is 0.469. The van der Waals surface area contributed by atoms with Crippen LogP contribution >= 0.6 is 0 Å². The molecule has 38 heavy (non-hydrogen) atoms. The summed E-state index contributed by atoms with van der Waals surface area (Å²) in [6.45, 7) is 3.18. The Bertz CT molecular complexity index is 1250. The molecule has 2 atom stereocenters. The van der Waals surface area contributed by atoms with Crippen molar-refractivity contribution in [3.8, 4) is 11.5 Å². The number of aliphatic hydroxyl groups excluding tert-OH is 1. The molecular formula is C32H40N2O4. The van der Waals surface area contributed by atoms with Gasteiger partial charge in [0.15, 0.2) is 11.5 Å². The third-order valence-corrected chi connectivity index (χ3v) is 8.33. The van der Waals surface area contributed by atoms with Gasteiger partial charge in [-0.2, -0.15) is 0 Å². The maximum atomic E-state index is 13.3. The van der Waals surface area contributed by atoms with E-state index < -0.39 is 0 Å². The number of benzene rings is 3. The van der Waals surface area contributed by atoms with E-state index in [1.807, 2.05) is 17.0 Å². The number of rotatable bonds is 10. The zero-order chi connectivity index (χ0) is 26.5. The van der Waals surface area contributed by atoms with Gasteiger partial charge in [-0.15, -0.1) is 0 Å². The summed E-state index contributed by atoms with van der Waals surface area (Å²) in [6.07, 6.45) is 6.53. The van der Waals surface area contributed by atoms with Gasteiger partial charge >= 0.3 is 0 Å².